The van der Waals surface area contributed by atoms with Crippen molar-refractivity contribution >= 4 is 34.0 Å². The maximum atomic E-state index is 4.55. The van der Waals surface area contributed by atoms with E-state index in [1.54, 1.807) is 0 Å². The van der Waals surface area contributed by atoms with Crippen LogP contribution in [0.15, 0.2) is 41.4 Å². The van der Waals surface area contributed by atoms with Gasteiger partial charge in [-0.25, -0.2) is 9.97 Å². The Morgan fingerprint density at radius 3 is 3.00 bits per heavy atom. The van der Waals surface area contributed by atoms with Gasteiger partial charge in [-0.2, -0.15) is 0 Å². The van der Waals surface area contributed by atoms with Crippen molar-refractivity contribution in [1.29, 1.82) is 0 Å². The van der Waals surface area contributed by atoms with E-state index < -0.39 is 0 Å². The molecule has 1 atom stereocenters. The number of aryl methyl sites for hydroxylation is 1. The van der Waals surface area contributed by atoms with Gasteiger partial charge in [-0.1, -0.05) is 0 Å². The second-order valence-corrected chi connectivity index (χ2v) is 6.83. The highest BCUT2D eigenvalue weighted by Gasteiger charge is 2.27. The van der Waals surface area contributed by atoms with E-state index in [2.05, 4.69) is 58.3 Å². The summed E-state index contributed by atoms with van der Waals surface area (Å²) in [5.41, 5.74) is 2.18. The number of hydrogen-bond acceptors (Lipinski definition) is 4. The quantitative estimate of drug-likeness (QED) is 0.719. The summed E-state index contributed by atoms with van der Waals surface area (Å²) in [7, 11) is 2.06. The van der Waals surface area contributed by atoms with Gasteiger partial charge < -0.3 is 14.3 Å². The lowest BCUT2D eigenvalue weighted by molar-refractivity contribution is 0.142. The average molecular weight is 412 g/mol. The first-order valence-corrected chi connectivity index (χ1v) is 8.55. The van der Waals surface area contributed by atoms with Crippen LogP contribution in [0.25, 0.3) is 5.65 Å². The fourth-order valence-electron chi connectivity index (χ4n) is 3.22. The lowest BCUT2D eigenvalue weighted by Crippen LogP contribution is -2.46. The molecule has 0 aliphatic carbocycles. The molecule has 0 saturated carbocycles. The molecule has 1 N–H and O–H groups in total. The molecule has 4 heterocycles. The monoisotopic (exact) mass is 410 g/mol. The summed E-state index contributed by atoms with van der Waals surface area (Å²) in [6.07, 6.45) is 7.93. The normalized spacial score (nSPS) is 18.7. The van der Waals surface area contributed by atoms with E-state index >= 15 is 0 Å². The van der Waals surface area contributed by atoms with Gasteiger partial charge in [-0.3, -0.25) is 4.90 Å². The highest BCUT2D eigenvalue weighted by molar-refractivity contribution is 9.10. The van der Waals surface area contributed by atoms with Crippen LogP contribution in [0.5, 0.6) is 0 Å². The van der Waals surface area contributed by atoms with Crippen LogP contribution in [0.4, 0.5) is 0 Å². The molecular weight excluding hydrogens is 392 g/mol. The molecule has 6 nitrogen and oxygen atoms in total. The van der Waals surface area contributed by atoms with E-state index in [4.69, 9.17) is 0 Å². The van der Waals surface area contributed by atoms with Crippen molar-refractivity contribution < 1.29 is 0 Å². The van der Waals surface area contributed by atoms with Crippen molar-refractivity contribution in [2.24, 2.45) is 7.05 Å². The van der Waals surface area contributed by atoms with Crippen LogP contribution in [-0.2, 0) is 13.6 Å². The number of imidazole rings is 2. The minimum Gasteiger partial charge on any atom is -0.337 e. The van der Waals surface area contributed by atoms with Gasteiger partial charge in [0.25, 0.3) is 0 Å². The summed E-state index contributed by atoms with van der Waals surface area (Å²) < 4.78 is 5.32. The van der Waals surface area contributed by atoms with Crippen molar-refractivity contribution in [2.45, 2.75) is 12.6 Å². The van der Waals surface area contributed by atoms with Crippen molar-refractivity contribution in [2.75, 3.05) is 19.6 Å². The molecule has 128 valence electrons. The maximum Gasteiger partial charge on any atom is 0.136 e. The largest absolute Gasteiger partial charge is 0.337 e. The Labute approximate surface area is 155 Å². The number of piperazine rings is 1. The fourth-order valence-corrected chi connectivity index (χ4v) is 3.56. The first kappa shape index (κ1) is 17.4. The lowest BCUT2D eigenvalue weighted by atomic mass is 10.1. The van der Waals surface area contributed by atoms with E-state index in [1.165, 1.54) is 5.69 Å². The zero-order valence-corrected chi connectivity index (χ0v) is 15.8. The molecule has 1 aliphatic heterocycles. The van der Waals surface area contributed by atoms with Gasteiger partial charge >= 0.3 is 0 Å². The average Bonchev–Trinajstić information content (AvgIpc) is 3.15. The Morgan fingerprint density at radius 1 is 1.33 bits per heavy atom. The minimum atomic E-state index is 0. The topological polar surface area (TPSA) is 50.4 Å². The summed E-state index contributed by atoms with van der Waals surface area (Å²) >= 11 is 3.54. The van der Waals surface area contributed by atoms with Gasteiger partial charge in [0, 0.05) is 56.3 Å². The van der Waals surface area contributed by atoms with Gasteiger partial charge in [0.1, 0.15) is 11.5 Å². The molecule has 0 amide bonds. The summed E-state index contributed by atoms with van der Waals surface area (Å²) in [5, 5.41) is 3.48. The SMILES string of the molecule is Cl.Cn1ccnc1C1CNCCN1Cc1cnc2ccc(Br)cn12. The predicted octanol–water partition coefficient (Wildman–Crippen LogP) is 2.40. The van der Waals surface area contributed by atoms with Crippen LogP contribution in [0.1, 0.15) is 17.6 Å². The Kier molecular flexibility index (Phi) is 5.24. The molecule has 1 fully saturated rings. The molecular formula is C16H20BrClN6. The van der Waals surface area contributed by atoms with Crippen LogP contribution in [0, 0.1) is 0 Å². The fraction of sp³-hybridized carbons (Fsp3) is 0.375. The summed E-state index contributed by atoms with van der Waals surface area (Å²) in [5.74, 6) is 1.10. The third kappa shape index (κ3) is 3.21. The zero-order valence-electron chi connectivity index (χ0n) is 13.4. The predicted molar refractivity (Wildman–Crippen MR) is 99.4 cm³/mol. The Morgan fingerprint density at radius 2 is 2.21 bits per heavy atom. The maximum absolute atomic E-state index is 4.55. The number of nitrogens with zero attached hydrogens (tertiary/aromatic N) is 5. The first-order chi connectivity index (χ1) is 11.2. The molecule has 8 heteroatoms. The third-order valence-electron chi connectivity index (χ3n) is 4.42. The van der Waals surface area contributed by atoms with Crippen molar-refractivity contribution in [3.63, 3.8) is 0 Å². The van der Waals surface area contributed by atoms with Crippen LogP contribution in [0.2, 0.25) is 0 Å². The summed E-state index contributed by atoms with van der Waals surface area (Å²) in [4.78, 5) is 11.5. The van der Waals surface area contributed by atoms with Crippen molar-refractivity contribution in [1.82, 2.24) is 29.2 Å². The Bertz CT molecular complexity index is 829. The van der Waals surface area contributed by atoms with E-state index in [0.29, 0.717) is 0 Å². The number of hydrogen-bond donors (Lipinski definition) is 1. The number of rotatable bonds is 3. The molecule has 1 saturated heterocycles. The second kappa shape index (κ2) is 7.23. The van der Waals surface area contributed by atoms with Gasteiger partial charge in [0.15, 0.2) is 0 Å². The van der Waals surface area contributed by atoms with Gasteiger partial charge in [-0.15, -0.1) is 12.4 Å². The smallest absolute Gasteiger partial charge is 0.136 e. The van der Waals surface area contributed by atoms with E-state index in [-0.39, 0.29) is 18.4 Å². The molecule has 0 radical (unpaired) electrons. The Balaban J connectivity index is 0.00000169. The molecule has 1 unspecified atom stereocenters. The number of halogens is 2. The molecule has 3 aromatic heterocycles. The highest BCUT2D eigenvalue weighted by Crippen LogP contribution is 2.23. The molecule has 3 aromatic rings. The summed E-state index contributed by atoms with van der Waals surface area (Å²) in [6, 6.07) is 4.33. The molecule has 0 aromatic carbocycles. The minimum absolute atomic E-state index is 0. The first-order valence-electron chi connectivity index (χ1n) is 7.76. The molecule has 0 bridgehead atoms. The number of aromatic nitrogens is 4. The van der Waals surface area contributed by atoms with E-state index in [1.807, 2.05) is 30.7 Å². The second-order valence-electron chi connectivity index (χ2n) is 5.91. The molecule has 4 rings (SSSR count). The van der Waals surface area contributed by atoms with E-state index in [9.17, 15) is 0 Å². The van der Waals surface area contributed by atoms with Crippen molar-refractivity contribution in [3.05, 3.63) is 52.9 Å². The number of nitrogens with one attached hydrogen (secondary N) is 1. The number of fused-ring (bicyclic) bond motifs is 1. The van der Waals surface area contributed by atoms with Gasteiger partial charge in [0.2, 0.25) is 0 Å². The summed E-state index contributed by atoms with van der Waals surface area (Å²) in [6.45, 7) is 3.78. The Hall–Kier alpha value is -1.41. The number of pyridine rings is 1. The molecule has 24 heavy (non-hydrogen) atoms. The zero-order chi connectivity index (χ0) is 15.8. The molecule has 1 aliphatic rings. The van der Waals surface area contributed by atoms with Crippen molar-refractivity contribution in [3.8, 4) is 0 Å². The van der Waals surface area contributed by atoms with Crippen LogP contribution in [0.3, 0.4) is 0 Å². The van der Waals surface area contributed by atoms with Gasteiger partial charge in [-0.05, 0) is 28.1 Å². The standard InChI is InChI=1S/C16H19BrN6.ClH/c1-21-6-5-19-16(21)14-9-18-4-7-22(14)11-13-8-20-15-3-2-12(17)10-23(13)15;/h2-3,5-6,8,10,14,18H,4,7,9,11H2,1H3;1H. The third-order valence-corrected chi connectivity index (χ3v) is 4.89. The van der Waals surface area contributed by atoms with Crippen LogP contribution < -0.4 is 5.32 Å². The lowest BCUT2D eigenvalue weighted by Gasteiger charge is -2.35. The molecule has 0 spiro atoms. The van der Waals surface area contributed by atoms with Crippen LogP contribution >= 0.6 is 28.3 Å². The highest BCUT2D eigenvalue weighted by atomic mass is 79.9. The van der Waals surface area contributed by atoms with E-state index in [0.717, 1.165) is 42.1 Å². The van der Waals surface area contributed by atoms with Crippen LogP contribution in [-0.4, -0.2) is 43.5 Å². The van der Waals surface area contributed by atoms with Gasteiger partial charge in [0.05, 0.1) is 17.9 Å².